The van der Waals surface area contributed by atoms with Crippen LogP contribution < -0.4 is 15.6 Å². The Morgan fingerprint density at radius 1 is 0.972 bits per heavy atom. The van der Waals surface area contributed by atoms with Crippen LogP contribution in [0.2, 0.25) is 0 Å². The number of hydrogen-bond acceptors (Lipinski definition) is 6. The first kappa shape index (κ1) is 23.5. The van der Waals surface area contributed by atoms with Gasteiger partial charge in [-0.3, -0.25) is 10.1 Å². The number of nitrogens with one attached hydrogen (secondary N) is 1. The van der Waals surface area contributed by atoms with Crippen LogP contribution in [0.1, 0.15) is 27.0 Å². The lowest BCUT2D eigenvalue weighted by Gasteiger charge is -2.07. The van der Waals surface area contributed by atoms with Crippen LogP contribution in [0.5, 0.6) is 5.75 Å². The number of carbonyl (C=O) groups excluding carboxylic acids is 1. The quantitative estimate of drug-likeness (QED) is 0.285. The van der Waals surface area contributed by atoms with E-state index in [4.69, 9.17) is 9.15 Å². The summed E-state index contributed by atoms with van der Waals surface area (Å²) >= 11 is 1.37. The highest BCUT2D eigenvalue weighted by Crippen LogP contribution is 2.27. The maximum Gasteiger partial charge on any atom is 0.262 e. The van der Waals surface area contributed by atoms with E-state index in [1.165, 1.54) is 22.5 Å². The molecule has 2 heterocycles. The molecule has 6 nitrogen and oxygen atoms in total. The molecule has 1 N–H and O–H groups in total. The molecule has 3 aromatic carbocycles. The van der Waals surface area contributed by atoms with E-state index in [9.17, 15) is 4.79 Å². The Balaban J connectivity index is 1.53. The number of anilines is 1. The predicted molar refractivity (Wildman–Crippen MR) is 144 cm³/mol. The summed E-state index contributed by atoms with van der Waals surface area (Å²) in [6.45, 7) is 6.16. The Labute approximate surface area is 212 Å². The van der Waals surface area contributed by atoms with Gasteiger partial charge in [-0.25, -0.2) is 9.98 Å². The molecule has 7 heteroatoms. The molecule has 0 aliphatic heterocycles. The normalized spacial score (nSPS) is 11.6. The van der Waals surface area contributed by atoms with E-state index >= 15 is 0 Å². The second-order valence-electron chi connectivity index (χ2n) is 8.61. The van der Waals surface area contributed by atoms with Crippen molar-refractivity contribution in [3.63, 3.8) is 0 Å². The number of amides is 1. The van der Waals surface area contributed by atoms with Crippen LogP contribution in [-0.4, -0.2) is 18.0 Å². The number of aryl methyl sites for hydroxylation is 3. The molecule has 0 saturated carbocycles. The van der Waals surface area contributed by atoms with E-state index in [0.29, 0.717) is 27.7 Å². The van der Waals surface area contributed by atoms with E-state index < -0.39 is 0 Å². The number of nitrogens with zero attached hydrogens (tertiary/aromatic N) is 2. The van der Waals surface area contributed by atoms with Gasteiger partial charge in [-0.2, -0.15) is 0 Å². The van der Waals surface area contributed by atoms with Gasteiger partial charge in [0.05, 0.1) is 18.5 Å². The van der Waals surface area contributed by atoms with E-state index in [1.807, 2.05) is 54.8 Å². The fraction of sp³-hybridized carbons (Fsp3) is 0.138. The molecule has 0 bridgehead atoms. The summed E-state index contributed by atoms with van der Waals surface area (Å²) in [5.74, 6) is 0.320. The van der Waals surface area contributed by atoms with E-state index in [1.54, 1.807) is 19.2 Å². The average Bonchev–Trinajstić information content (AvgIpc) is 3.34. The first-order chi connectivity index (χ1) is 17.4. The van der Waals surface area contributed by atoms with E-state index in [2.05, 4.69) is 41.3 Å². The molecular formula is C29H25N3O3S. The lowest BCUT2D eigenvalue weighted by molar-refractivity contribution is 0.102. The minimum Gasteiger partial charge on any atom is -0.497 e. The number of aromatic nitrogens is 1. The van der Waals surface area contributed by atoms with Crippen molar-refractivity contribution in [2.75, 3.05) is 12.4 Å². The van der Waals surface area contributed by atoms with Crippen LogP contribution in [0.4, 0.5) is 10.8 Å². The summed E-state index contributed by atoms with van der Waals surface area (Å²) in [5.41, 5.74) is 7.19. The van der Waals surface area contributed by atoms with Crippen LogP contribution in [0, 0.1) is 20.8 Å². The van der Waals surface area contributed by atoms with Gasteiger partial charge < -0.3 is 9.15 Å². The smallest absolute Gasteiger partial charge is 0.262 e. The van der Waals surface area contributed by atoms with Crippen LogP contribution in [0.25, 0.3) is 22.2 Å². The second-order valence-corrected chi connectivity index (χ2v) is 9.47. The summed E-state index contributed by atoms with van der Waals surface area (Å²) in [6, 6.07) is 21.1. The van der Waals surface area contributed by atoms with Gasteiger partial charge >= 0.3 is 0 Å². The first-order valence-electron chi connectivity index (χ1n) is 11.5. The lowest BCUT2D eigenvalue weighted by atomic mass is 10.1. The number of carbonyl (C=O) groups is 1. The summed E-state index contributed by atoms with van der Waals surface area (Å²) in [4.78, 5) is 22.7. The van der Waals surface area contributed by atoms with Crippen molar-refractivity contribution >= 4 is 39.0 Å². The Hall–Kier alpha value is -4.23. The molecule has 0 unspecified atom stereocenters. The molecule has 0 aliphatic rings. The van der Waals surface area contributed by atoms with Crippen molar-refractivity contribution in [3.8, 4) is 17.0 Å². The summed E-state index contributed by atoms with van der Waals surface area (Å²) in [7, 11) is 1.60. The number of thiazole rings is 1. The zero-order valence-corrected chi connectivity index (χ0v) is 21.3. The number of ether oxygens (including phenoxy) is 1. The molecule has 0 fully saturated rings. The minimum absolute atomic E-state index is 0.222. The predicted octanol–water partition coefficient (Wildman–Crippen LogP) is 6.97. The minimum atomic E-state index is -0.352. The van der Waals surface area contributed by atoms with E-state index in [-0.39, 0.29) is 11.5 Å². The molecule has 2 aromatic heterocycles. The number of hydrogen-bond donors (Lipinski definition) is 1. The molecule has 5 aromatic rings. The van der Waals surface area contributed by atoms with E-state index in [0.717, 1.165) is 22.2 Å². The highest BCUT2D eigenvalue weighted by molar-refractivity contribution is 7.14. The number of benzene rings is 3. The molecule has 0 radical (unpaired) electrons. The van der Waals surface area contributed by atoms with Crippen LogP contribution in [0.15, 0.2) is 81.5 Å². The largest absolute Gasteiger partial charge is 0.497 e. The highest BCUT2D eigenvalue weighted by atomic mass is 32.1. The van der Waals surface area contributed by atoms with Gasteiger partial charge in [0.2, 0.25) is 5.55 Å². The second kappa shape index (κ2) is 9.79. The number of rotatable bonds is 5. The standard InChI is InChI=1S/C29H25N3O3S/c1-17-5-9-22(10-6-17)30-28-24(15-21-14-23(34-4)11-12-26(21)35-28)27(33)32-29-31-25(16-36-29)20-8-7-18(2)19(3)13-20/h5-16H,1-4H3,(H,31,32,33). The summed E-state index contributed by atoms with van der Waals surface area (Å²) in [6.07, 6.45) is 0. The summed E-state index contributed by atoms with van der Waals surface area (Å²) in [5, 5.41) is 6.09. The van der Waals surface area contributed by atoms with Crippen LogP contribution in [-0.2, 0) is 0 Å². The molecule has 0 saturated heterocycles. The van der Waals surface area contributed by atoms with Gasteiger partial charge in [-0.05, 0) is 74.4 Å². The number of methoxy groups -OCH3 is 1. The van der Waals surface area contributed by atoms with Crippen molar-refractivity contribution in [1.82, 2.24) is 4.98 Å². The Morgan fingerprint density at radius 3 is 2.53 bits per heavy atom. The van der Waals surface area contributed by atoms with Crippen molar-refractivity contribution in [2.24, 2.45) is 4.99 Å². The maximum absolute atomic E-state index is 13.4. The van der Waals surface area contributed by atoms with Gasteiger partial charge in [0.1, 0.15) is 16.9 Å². The van der Waals surface area contributed by atoms with Crippen molar-refractivity contribution in [1.29, 1.82) is 0 Å². The SMILES string of the molecule is COc1ccc2oc(=Nc3ccc(C)cc3)c(C(=O)Nc3nc(-c4ccc(C)c(C)c4)cs3)cc2c1. The van der Waals surface area contributed by atoms with Gasteiger partial charge in [0, 0.05) is 16.3 Å². The van der Waals surface area contributed by atoms with Gasteiger partial charge in [0.25, 0.3) is 5.91 Å². The van der Waals surface area contributed by atoms with Gasteiger partial charge in [-0.15, -0.1) is 11.3 Å². The molecule has 1 amide bonds. The fourth-order valence-electron chi connectivity index (χ4n) is 3.75. The lowest BCUT2D eigenvalue weighted by Crippen LogP contribution is -2.21. The zero-order valence-electron chi connectivity index (χ0n) is 20.5. The third-order valence-corrected chi connectivity index (χ3v) is 6.75. The maximum atomic E-state index is 13.4. The Morgan fingerprint density at radius 2 is 1.78 bits per heavy atom. The zero-order chi connectivity index (χ0) is 25.2. The van der Waals surface area contributed by atoms with Gasteiger partial charge in [0.15, 0.2) is 5.13 Å². The van der Waals surface area contributed by atoms with Crippen molar-refractivity contribution < 1.29 is 13.9 Å². The molecule has 0 spiro atoms. The highest BCUT2D eigenvalue weighted by Gasteiger charge is 2.16. The molecular weight excluding hydrogens is 470 g/mol. The molecule has 0 aliphatic carbocycles. The fourth-order valence-corrected chi connectivity index (χ4v) is 4.46. The van der Waals surface area contributed by atoms with Crippen molar-refractivity contribution in [2.45, 2.75) is 20.8 Å². The molecule has 0 atom stereocenters. The van der Waals surface area contributed by atoms with Crippen LogP contribution in [0.3, 0.4) is 0 Å². The third-order valence-electron chi connectivity index (χ3n) is 5.99. The first-order valence-corrected chi connectivity index (χ1v) is 12.4. The topological polar surface area (TPSA) is 76.7 Å². The Bertz CT molecular complexity index is 1650. The molecule has 180 valence electrons. The summed E-state index contributed by atoms with van der Waals surface area (Å²) < 4.78 is 11.4. The monoisotopic (exact) mass is 495 g/mol. The molecule has 5 rings (SSSR count). The van der Waals surface area contributed by atoms with Gasteiger partial charge in [-0.1, -0.05) is 29.8 Å². The van der Waals surface area contributed by atoms with Crippen LogP contribution >= 0.6 is 11.3 Å². The van der Waals surface area contributed by atoms with Crippen molar-refractivity contribution in [3.05, 3.63) is 99.9 Å². The Kier molecular flexibility index (Phi) is 6.40. The average molecular weight is 496 g/mol. The molecule has 36 heavy (non-hydrogen) atoms. The number of fused-ring (bicyclic) bond motifs is 1. The third kappa shape index (κ3) is 4.92.